The molecular formula is C23H32N2O. The summed E-state index contributed by atoms with van der Waals surface area (Å²) in [6.45, 7) is 2.17. The van der Waals surface area contributed by atoms with Gasteiger partial charge in [0.25, 0.3) is 0 Å². The lowest BCUT2D eigenvalue weighted by atomic mass is 9.68. The van der Waals surface area contributed by atoms with Crippen molar-refractivity contribution in [1.82, 2.24) is 5.32 Å². The molecule has 140 valence electrons. The summed E-state index contributed by atoms with van der Waals surface area (Å²) in [5, 5.41) is 3.56. The van der Waals surface area contributed by atoms with Crippen molar-refractivity contribution >= 4 is 11.6 Å². The summed E-state index contributed by atoms with van der Waals surface area (Å²) in [6.07, 6.45) is 12.3. The van der Waals surface area contributed by atoms with Crippen LogP contribution in [0.4, 0.5) is 5.69 Å². The lowest BCUT2D eigenvalue weighted by molar-refractivity contribution is -0.124. The molecule has 1 N–H and O–H groups in total. The van der Waals surface area contributed by atoms with E-state index in [1.54, 1.807) is 0 Å². The van der Waals surface area contributed by atoms with Crippen molar-refractivity contribution < 1.29 is 4.79 Å². The number of rotatable bonds is 3. The number of nitrogens with one attached hydrogen (secondary N) is 1. The molecule has 3 heteroatoms. The van der Waals surface area contributed by atoms with E-state index < -0.39 is 0 Å². The number of para-hydroxylation sites is 1. The molecule has 2 saturated carbocycles. The van der Waals surface area contributed by atoms with Crippen molar-refractivity contribution in [3.8, 4) is 0 Å². The molecule has 1 aromatic carbocycles. The predicted molar refractivity (Wildman–Crippen MR) is 105 cm³/mol. The molecule has 1 spiro atoms. The first-order valence-electron chi connectivity index (χ1n) is 10.9. The van der Waals surface area contributed by atoms with E-state index in [-0.39, 0.29) is 11.3 Å². The molecule has 0 radical (unpaired) electrons. The first kappa shape index (κ1) is 16.8. The Kier molecular flexibility index (Phi) is 4.31. The molecule has 2 aliphatic carbocycles. The summed E-state index contributed by atoms with van der Waals surface area (Å²) in [5.41, 5.74) is 2.90. The SMILES string of the molecule is O=C(C1CCCCC1)N1c2ccccc2C2(CCNCC2)[C@H]1CC1CC1. The number of amides is 1. The summed E-state index contributed by atoms with van der Waals surface area (Å²) >= 11 is 0. The van der Waals surface area contributed by atoms with Gasteiger partial charge < -0.3 is 10.2 Å². The zero-order chi connectivity index (χ0) is 17.6. The van der Waals surface area contributed by atoms with Gasteiger partial charge in [0.05, 0.1) is 0 Å². The van der Waals surface area contributed by atoms with E-state index >= 15 is 0 Å². The van der Waals surface area contributed by atoms with Crippen molar-refractivity contribution in [3.63, 3.8) is 0 Å². The molecule has 1 saturated heterocycles. The quantitative estimate of drug-likeness (QED) is 0.874. The van der Waals surface area contributed by atoms with Gasteiger partial charge in [-0.25, -0.2) is 0 Å². The Labute approximate surface area is 157 Å². The highest BCUT2D eigenvalue weighted by atomic mass is 16.2. The number of hydrogen-bond acceptors (Lipinski definition) is 2. The Morgan fingerprint density at radius 1 is 1.04 bits per heavy atom. The summed E-state index contributed by atoms with van der Waals surface area (Å²) in [7, 11) is 0. The van der Waals surface area contributed by atoms with Gasteiger partial charge in [-0.15, -0.1) is 0 Å². The fourth-order valence-electron chi connectivity index (χ4n) is 5.99. The van der Waals surface area contributed by atoms with Crippen LogP contribution in [-0.4, -0.2) is 25.0 Å². The van der Waals surface area contributed by atoms with Crippen molar-refractivity contribution in [3.05, 3.63) is 29.8 Å². The number of benzene rings is 1. The largest absolute Gasteiger partial charge is 0.317 e. The number of nitrogens with zero attached hydrogens (tertiary/aromatic N) is 1. The number of anilines is 1. The maximum atomic E-state index is 13.7. The molecule has 0 aromatic heterocycles. The highest BCUT2D eigenvalue weighted by Gasteiger charge is 2.54. The Morgan fingerprint density at radius 3 is 2.50 bits per heavy atom. The van der Waals surface area contributed by atoms with Crippen molar-refractivity contribution in [2.75, 3.05) is 18.0 Å². The molecule has 5 rings (SSSR count). The molecule has 1 aromatic rings. The minimum atomic E-state index is 0.189. The van der Waals surface area contributed by atoms with E-state index in [2.05, 4.69) is 34.5 Å². The summed E-state index contributed by atoms with van der Waals surface area (Å²) in [6, 6.07) is 9.27. The third kappa shape index (κ3) is 2.70. The Balaban J connectivity index is 1.55. The summed E-state index contributed by atoms with van der Waals surface area (Å²) < 4.78 is 0. The van der Waals surface area contributed by atoms with Crippen LogP contribution in [0.25, 0.3) is 0 Å². The molecule has 26 heavy (non-hydrogen) atoms. The minimum absolute atomic E-state index is 0.189. The second kappa shape index (κ2) is 6.67. The minimum Gasteiger partial charge on any atom is -0.317 e. The van der Waals surface area contributed by atoms with E-state index in [0.29, 0.717) is 11.9 Å². The number of hydrogen-bond donors (Lipinski definition) is 1. The van der Waals surface area contributed by atoms with Gasteiger partial charge in [0.1, 0.15) is 0 Å². The average molecular weight is 353 g/mol. The highest BCUT2D eigenvalue weighted by Crippen LogP contribution is 2.54. The van der Waals surface area contributed by atoms with Crippen molar-refractivity contribution in [1.29, 1.82) is 0 Å². The summed E-state index contributed by atoms with van der Waals surface area (Å²) in [4.78, 5) is 16.0. The van der Waals surface area contributed by atoms with Gasteiger partial charge in [-0.2, -0.15) is 0 Å². The molecular weight excluding hydrogens is 320 g/mol. The number of carbonyl (C=O) groups excluding carboxylic acids is 1. The number of piperidine rings is 1. The first-order valence-corrected chi connectivity index (χ1v) is 10.9. The smallest absolute Gasteiger partial charge is 0.230 e. The van der Waals surface area contributed by atoms with Gasteiger partial charge in [0.2, 0.25) is 5.91 Å². The van der Waals surface area contributed by atoms with Crippen LogP contribution in [0.3, 0.4) is 0 Å². The number of carbonyl (C=O) groups is 1. The Hall–Kier alpha value is -1.35. The zero-order valence-corrected chi connectivity index (χ0v) is 15.9. The molecule has 3 fully saturated rings. The molecule has 1 atom stereocenters. The van der Waals surface area contributed by atoms with Crippen LogP contribution in [0, 0.1) is 11.8 Å². The van der Waals surface area contributed by atoms with Gasteiger partial charge in [-0.3, -0.25) is 4.79 Å². The molecule has 0 bridgehead atoms. The fraction of sp³-hybridized carbons (Fsp3) is 0.696. The van der Waals surface area contributed by atoms with Crippen molar-refractivity contribution in [2.24, 2.45) is 11.8 Å². The van der Waals surface area contributed by atoms with E-state index in [0.717, 1.165) is 31.8 Å². The predicted octanol–water partition coefficient (Wildman–Crippen LogP) is 4.40. The first-order chi connectivity index (χ1) is 12.8. The van der Waals surface area contributed by atoms with Gasteiger partial charge in [0.15, 0.2) is 0 Å². The maximum absolute atomic E-state index is 13.7. The van der Waals surface area contributed by atoms with Gasteiger partial charge >= 0.3 is 0 Å². The Bertz CT molecular complexity index is 669. The van der Waals surface area contributed by atoms with E-state index in [9.17, 15) is 4.79 Å². The van der Waals surface area contributed by atoms with Crippen LogP contribution < -0.4 is 10.2 Å². The molecule has 1 amide bonds. The molecule has 4 aliphatic rings. The number of fused-ring (bicyclic) bond motifs is 2. The second-order valence-electron chi connectivity index (χ2n) is 9.16. The molecule has 2 aliphatic heterocycles. The van der Waals surface area contributed by atoms with E-state index in [1.807, 2.05) is 0 Å². The van der Waals surface area contributed by atoms with Gasteiger partial charge in [0, 0.05) is 23.1 Å². The van der Waals surface area contributed by atoms with Gasteiger partial charge in [-0.05, 0) is 62.7 Å². The third-order valence-electron chi connectivity index (χ3n) is 7.59. The molecule has 3 nitrogen and oxygen atoms in total. The lowest BCUT2D eigenvalue weighted by Gasteiger charge is -2.43. The normalized spacial score (nSPS) is 28.3. The van der Waals surface area contributed by atoms with Crippen LogP contribution in [0.15, 0.2) is 24.3 Å². The van der Waals surface area contributed by atoms with E-state index in [1.165, 1.54) is 62.6 Å². The third-order valence-corrected chi connectivity index (χ3v) is 7.59. The Morgan fingerprint density at radius 2 is 1.77 bits per heavy atom. The fourth-order valence-corrected chi connectivity index (χ4v) is 5.99. The van der Waals surface area contributed by atoms with Crippen LogP contribution in [0.2, 0.25) is 0 Å². The second-order valence-corrected chi connectivity index (χ2v) is 9.16. The molecule has 2 heterocycles. The van der Waals surface area contributed by atoms with Crippen LogP contribution in [0.5, 0.6) is 0 Å². The molecule has 0 unspecified atom stereocenters. The maximum Gasteiger partial charge on any atom is 0.230 e. The van der Waals surface area contributed by atoms with E-state index in [4.69, 9.17) is 0 Å². The van der Waals surface area contributed by atoms with Crippen LogP contribution >= 0.6 is 0 Å². The van der Waals surface area contributed by atoms with Gasteiger partial charge in [-0.1, -0.05) is 50.3 Å². The zero-order valence-electron chi connectivity index (χ0n) is 15.9. The van der Waals surface area contributed by atoms with Crippen molar-refractivity contribution in [2.45, 2.75) is 75.7 Å². The lowest BCUT2D eigenvalue weighted by Crippen LogP contribution is -2.53. The van der Waals surface area contributed by atoms with Crippen LogP contribution in [-0.2, 0) is 10.2 Å². The monoisotopic (exact) mass is 352 g/mol. The standard InChI is InChI=1S/C23H32N2O/c26-22(18-6-2-1-3-7-18)25-20-9-5-4-8-19(20)23(12-14-24-15-13-23)21(25)16-17-10-11-17/h4-5,8-9,17-18,21,24H,1-3,6-7,10-16H2/t21-/m1/s1. The highest BCUT2D eigenvalue weighted by molar-refractivity contribution is 5.98. The topological polar surface area (TPSA) is 32.3 Å². The summed E-state index contributed by atoms with van der Waals surface area (Å²) in [5.74, 6) is 1.55. The van der Waals surface area contributed by atoms with Crippen LogP contribution in [0.1, 0.15) is 69.8 Å². The average Bonchev–Trinajstić information content (AvgIpc) is 3.49.